The third kappa shape index (κ3) is 5.27. The lowest BCUT2D eigenvalue weighted by atomic mass is 10.2. The third-order valence-electron chi connectivity index (χ3n) is 2.72. The maximum absolute atomic E-state index is 11.7. The first-order valence-corrected chi connectivity index (χ1v) is 7.90. The van der Waals surface area contributed by atoms with Crippen molar-refractivity contribution in [2.75, 3.05) is 5.75 Å². The van der Waals surface area contributed by atoms with Gasteiger partial charge in [0.25, 0.3) is 0 Å². The molecule has 0 unspecified atom stereocenters. The average molecular weight is 306 g/mol. The molecule has 0 fully saturated rings. The van der Waals surface area contributed by atoms with Crippen molar-refractivity contribution in [1.29, 1.82) is 0 Å². The zero-order valence-corrected chi connectivity index (χ0v) is 12.6. The maximum atomic E-state index is 11.7. The van der Waals surface area contributed by atoms with Crippen LogP contribution in [0.3, 0.4) is 0 Å². The Morgan fingerprint density at radius 3 is 2.55 bits per heavy atom. The van der Waals surface area contributed by atoms with Gasteiger partial charge in [-0.15, -0.1) is 11.8 Å². The molecule has 0 aromatic heterocycles. The molecule has 2 aromatic rings. The van der Waals surface area contributed by atoms with Crippen LogP contribution in [0.5, 0.6) is 0 Å². The normalized spacial score (nSPS) is 10.2. The van der Waals surface area contributed by atoms with E-state index in [0.29, 0.717) is 12.3 Å². The molecule has 2 nitrogen and oxygen atoms in total. The molecule has 4 heteroatoms. The van der Waals surface area contributed by atoms with E-state index >= 15 is 0 Å². The van der Waals surface area contributed by atoms with Crippen LogP contribution >= 0.6 is 23.4 Å². The quantitative estimate of drug-likeness (QED) is 0.877. The number of carbonyl (C=O) groups excluding carboxylic acids is 1. The lowest BCUT2D eigenvalue weighted by molar-refractivity contribution is -0.118. The summed E-state index contributed by atoms with van der Waals surface area (Å²) in [5.74, 6) is 1.31. The molecular formula is C16H16ClNOS. The monoisotopic (exact) mass is 305 g/mol. The van der Waals surface area contributed by atoms with Crippen LogP contribution in [-0.4, -0.2) is 11.7 Å². The van der Waals surface area contributed by atoms with Crippen molar-refractivity contribution in [2.24, 2.45) is 0 Å². The molecule has 1 amide bonds. The van der Waals surface area contributed by atoms with Crippen molar-refractivity contribution in [3.05, 3.63) is 70.7 Å². The zero-order chi connectivity index (χ0) is 14.2. The summed E-state index contributed by atoms with van der Waals surface area (Å²) in [6.45, 7) is 0.581. The number of hydrogen-bond acceptors (Lipinski definition) is 2. The van der Waals surface area contributed by atoms with E-state index in [0.717, 1.165) is 21.9 Å². The number of hydrogen-bond donors (Lipinski definition) is 1. The first kappa shape index (κ1) is 14.9. The van der Waals surface area contributed by atoms with Crippen LogP contribution in [0.4, 0.5) is 0 Å². The molecule has 2 aromatic carbocycles. The lowest BCUT2D eigenvalue weighted by Gasteiger charge is -2.05. The maximum Gasteiger partial charge on any atom is 0.230 e. The summed E-state index contributed by atoms with van der Waals surface area (Å²) in [6.07, 6.45) is 0. The first-order valence-electron chi connectivity index (χ1n) is 6.37. The fraction of sp³-hybridized carbons (Fsp3) is 0.188. The smallest absolute Gasteiger partial charge is 0.230 e. The van der Waals surface area contributed by atoms with Crippen molar-refractivity contribution in [3.8, 4) is 0 Å². The van der Waals surface area contributed by atoms with Gasteiger partial charge in [-0.2, -0.15) is 0 Å². The van der Waals surface area contributed by atoms with Crippen molar-refractivity contribution in [1.82, 2.24) is 5.32 Å². The minimum absolute atomic E-state index is 0.0564. The SMILES string of the molecule is O=C(CSCc1cccc(Cl)c1)NCc1ccccc1. The van der Waals surface area contributed by atoms with E-state index in [2.05, 4.69) is 5.32 Å². The summed E-state index contributed by atoms with van der Waals surface area (Å²) in [5.41, 5.74) is 2.25. The number of amides is 1. The number of thioether (sulfide) groups is 1. The van der Waals surface area contributed by atoms with E-state index in [9.17, 15) is 4.79 Å². The predicted octanol–water partition coefficient (Wildman–Crippen LogP) is 3.89. The highest BCUT2D eigenvalue weighted by atomic mass is 35.5. The third-order valence-corrected chi connectivity index (χ3v) is 3.96. The second-order valence-corrected chi connectivity index (χ2v) is 5.81. The van der Waals surface area contributed by atoms with Gasteiger partial charge < -0.3 is 5.32 Å². The first-order chi connectivity index (χ1) is 9.74. The molecule has 0 saturated heterocycles. The lowest BCUT2D eigenvalue weighted by Crippen LogP contribution is -2.24. The van der Waals surface area contributed by atoms with Gasteiger partial charge >= 0.3 is 0 Å². The van der Waals surface area contributed by atoms with Crippen molar-refractivity contribution < 1.29 is 4.79 Å². The summed E-state index contributed by atoms with van der Waals surface area (Å²) in [5, 5.41) is 3.64. The Kier molecular flexibility index (Phi) is 5.96. The highest BCUT2D eigenvalue weighted by Crippen LogP contribution is 2.16. The van der Waals surface area contributed by atoms with Gasteiger partial charge in [0, 0.05) is 17.3 Å². The molecule has 104 valence electrons. The molecule has 0 heterocycles. The molecule has 0 aliphatic heterocycles. The topological polar surface area (TPSA) is 29.1 Å². The van der Waals surface area contributed by atoms with Crippen LogP contribution in [-0.2, 0) is 17.1 Å². The molecule has 0 bridgehead atoms. The average Bonchev–Trinajstić information content (AvgIpc) is 2.46. The standard InChI is InChI=1S/C16H16ClNOS/c17-15-8-4-7-14(9-15)11-20-12-16(19)18-10-13-5-2-1-3-6-13/h1-9H,10-12H2,(H,18,19). The van der Waals surface area contributed by atoms with Gasteiger partial charge in [-0.1, -0.05) is 54.1 Å². The number of halogens is 1. The Hall–Kier alpha value is -1.45. The Bertz CT molecular complexity index is 559. The minimum Gasteiger partial charge on any atom is -0.351 e. The highest BCUT2D eigenvalue weighted by Gasteiger charge is 2.02. The summed E-state index contributed by atoms with van der Waals surface area (Å²) >= 11 is 7.50. The molecule has 20 heavy (non-hydrogen) atoms. The number of rotatable bonds is 6. The van der Waals surface area contributed by atoms with Crippen LogP contribution < -0.4 is 5.32 Å². The van der Waals surface area contributed by atoms with E-state index in [1.807, 2.05) is 54.6 Å². The largest absolute Gasteiger partial charge is 0.351 e. The predicted molar refractivity (Wildman–Crippen MR) is 85.9 cm³/mol. The second kappa shape index (κ2) is 7.98. The van der Waals surface area contributed by atoms with Crippen molar-refractivity contribution >= 4 is 29.3 Å². The van der Waals surface area contributed by atoms with E-state index in [-0.39, 0.29) is 5.91 Å². The number of carbonyl (C=O) groups is 1. The molecular weight excluding hydrogens is 290 g/mol. The molecule has 0 radical (unpaired) electrons. The van der Waals surface area contributed by atoms with Crippen LogP contribution in [0.25, 0.3) is 0 Å². The van der Waals surface area contributed by atoms with Gasteiger partial charge in [-0.25, -0.2) is 0 Å². The molecule has 1 N–H and O–H groups in total. The number of nitrogens with one attached hydrogen (secondary N) is 1. The van der Waals surface area contributed by atoms with Gasteiger partial charge in [0.05, 0.1) is 5.75 Å². The molecule has 0 spiro atoms. The van der Waals surface area contributed by atoms with Crippen LogP contribution in [0.2, 0.25) is 5.02 Å². The van der Waals surface area contributed by atoms with Gasteiger partial charge in [0.15, 0.2) is 0 Å². The fourth-order valence-electron chi connectivity index (χ4n) is 1.74. The van der Waals surface area contributed by atoms with Gasteiger partial charge in [0.2, 0.25) is 5.91 Å². The Balaban J connectivity index is 1.68. The summed E-state index contributed by atoms with van der Waals surface area (Å²) in [7, 11) is 0. The second-order valence-electron chi connectivity index (χ2n) is 4.39. The zero-order valence-electron chi connectivity index (χ0n) is 11.0. The Morgan fingerprint density at radius 2 is 1.80 bits per heavy atom. The van der Waals surface area contributed by atoms with E-state index in [4.69, 9.17) is 11.6 Å². The van der Waals surface area contributed by atoms with Crippen LogP contribution in [0, 0.1) is 0 Å². The van der Waals surface area contributed by atoms with Crippen molar-refractivity contribution in [2.45, 2.75) is 12.3 Å². The molecule has 0 atom stereocenters. The summed E-state index contributed by atoms with van der Waals surface area (Å²) in [6, 6.07) is 17.6. The fourth-order valence-corrected chi connectivity index (χ4v) is 2.75. The van der Waals surface area contributed by atoms with Gasteiger partial charge in [-0.3, -0.25) is 4.79 Å². The van der Waals surface area contributed by atoms with E-state index in [1.165, 1.54) is 0 Å². The molecule has 2 rings (SSSR count). The summed E-state index contributed by atoms with van der Waals surface area (Å²) < 4.78 is 0. The van der Waals surface area contributed by atoms with Gasteiger partial charge in [0.1, 0.15) is 0 Å². The van der Waals surface area contributed by atoms with E-state index < -0.39 is 0 Å². The van der Waals surface area contributed by atoms with Crippen LogP contribution in [0.1, 0.15) is 11.1 Å². The molecule has 0 aliphatic rings. The highest BCUT2D eigenvalue weighted by molar-refractivity contribution is 7.99. The van der Waals surface area contributed by atoms with Gasteiger partial charge in [-0.05, 0) is 23.3 Å². The Morgan fingerprint density at radius 1 is 1.05 bits per heavy atom. The Labute approximate surface area is 128 Å². The van der Waals surface area contributed by atoms with E-state index in [1.54, 1.807) is 11.8 Å². The molecule has 0 aliphatic carbocycles. The number of benzene rings is 2. The minimum atomic E-state index is 0.0564. The van der Waals surface area contributed by atoms with Crippen LogP contribution in [0.15, 0.2) is 54.6 Å². The summed E-state index contributed by atoms with van der Waals surface area (Å²) in [4.78, 5) is 11.7. The molecule has 0 saturated carbocycles. The van der Waals surface area contributed by atoms with Crippen molar-refractivity contribution in [3.63, 3.8) is 0 Å².